The minimum atomic E-state index is -0.475. The van der Waals surface area contributed by atoms with Crippen LogP contribution in [-0.2, 0) is 0 Å². The summed E-state index contributed by atoms with van der Waals surface area (Å²) in [5.74, 6) is -0.298. The number of carbonyl (C=O) groups is 1. The van der Waals surface area contributed by atoms with Crippen LogP contribution in [0.2, 0.25) is 0 Å². The zero-order valence-corrected chi connectivity index (χ0v) is 12.8. The quantitative estimate of drug-likeness (QED) is 0.316. The summed E-state index contributed by atoms with van der Waals surface area (Å²) in [6.07, 6.45) is 5.23. The number of carbonyl (C=O) groups excluding carboxylic acids is 1. The van der Waals surface area contributed by atoms with Crippen LogP contribution in [0.5, 0.6) is 0 Å². The van der Waals surface area contributed by atoms with E-state index in [1.54, 1.807) is 18.4 Å². The smallest absolute Gasteiger partial charge is 0.283 e. The van der Waals surface area contributed by atoms with E-state index in [4.69, 9.17) is 5.11 Å². The second-order valence-corrected chi connectivity index (χ2v) is 5.39. The van der Waals surface area contributed by atoms with Gasteiger partial charge >= 0.3 is 0 Å². The normalized spacial score (nSPS) is 10.4. The molecule has 0 saturated heterocycles. The Labute approximate surface area is 128 Å². The molecule has 2 N–H and O–H groups in total. The molecule has 0 aliphatic rings. The van der Waals surface area contributed by atoms with Gasteiger partial charge in [-0.25, -0.2) is 0 Å². The van der Waals surface area contributed by atoms with E-state index in [9.17, 15) is 14.9 Å². The molecular weight excluding hydrogens is 292 g/mol. The van der Waals surface area contributed by atoms with Crippen LogP contribution in [0, 0.1) is 10.1 Å². The monoisotopic (exact) mass is 312 g/mol. The van der Waals surface area contributed by atoms with Gasteiger partial charge in [-0.15, -0.1) is 11.8 Å². The zero-order chi connectivity index (χ0) is 15.7. The van der Waals surface area contributed by atoms with E-state index < -0.39 is 4.92 Å². The van der Waals surface area contributed by atoms with E-state index in [1.807, 2.05) is 0 Å². The molecule has 0 bridgehead atoms. The zero-order valence-electron chi connectivity index (χ0n) is 12.0. The second-order valence-electron chi connectivity index (χ2n) is 4.54. The summed E-state index contributed by atoms with van der Waals surface area (Å²) in [4.78, 5) is 23.0. The Bertz CT molecular complexity index is 494. The van der Waals surface area contributed by atoms with Crippen molar-refractivity contribution in [2.24, 2.45) is 0 Å². The Morgan fingerprint density at radius 2 is 2.05 bits per heavy atom. The fourth-order valence-electron chi connectivity index (χ4n) is 1.87. The number of thioether (sulfide) groups is 1. The molecule has 1 rings (SSSR count). The lowest BCUT2D eigenvalue weighted by atomic mass is 10.1. The maximum absolute atomic E-state index is 11.9. The topological polar surface area (TPSA) is 92.5 Å². The number of amides is 1. The highest BCUT2D eigenvalue weighted by Crippen LogP contribution is 2.28. The van der Waals surface area contributed by atoms with Crippen molar-refractivity contribution in [1.29, 1.82) is 0 Å². The minimum absolute atomic E-state index is 0.0434. The van der Waals surface area contributed by atoms with Crippen LogP contribution in [-0.4, -0.2) is 35.3 Å². The number of rotatable bonds is 9. The lowest BCUT2D eigenvalue weighted by Crippen LogP contribution is -2.24. The molecule has 0 aliphatic carbocycles. The number of unbranched alkanes of at least 4 members (excludes halogenated alkanes) is 3. The van der Waals surface area contributed by atoms with Crippen LogP contribution in [0.4, 0.5) is 5.69 Å². The predicted octanol–water partition coefficient (Wildman–Crippen LogP) is 2.60. The average Bonchev–Trinajstić information content (AvgIpc) is 2.49. The third-order valence-electron chi connectivity index (χ3n) is 3.01. The summed E-state index contributed by atoms with van der Waals surface area (Å²) >= 11 is 1.28. The molecule has 21 heavy (non-hydrogen) atoms. The summed E-state index contributed by atoms with van der Waals surface area (Å²) in [5.41, 5.74) is 0.257. The maximum atomic E-state index is 11.9. The van der Waals surface area contributed by atoms with Crippen molar-refractivity contribution in [3.05, 3.63) is 33.9 Å². The van der Waals surface area contributed by atoms with Crippen LogP contribution in [0.25, 0.3) is 0 Å². The number of hydrogen-bond acceptors (Lipinski definition) is 5. The average molecular weight is 312 g/mol. The second kappa shape index (κ2) is 9.36. The standard InChI is InChI=1S/C14H20N2O4S/c1-21-13-7-6-11(10-12(13)16(19)20)14(18)15-8-4-2-3-5-9-17/h6-7,10,17H,2-5,8-9H2,1H3,(H,15,18). The van der Waals surface area contributed by atoms with Crippen molar-refractivity contribution < 1.29 is 14.8 Å². The fourth-order valence-corrected chi connectivity index (χ4v) is 2.41. The minimum Gasteiger partial charge on any atom is -0.396 e. The van der Waals surface area contributed by atoms with E-state index in [0.717, 1.165) is 25.7 Å². The van der Waals surface area contributed by atoms with Crippen LogP contribution >= 0.6 is 11.8 Å². The summed E-state index contributed by atoms with van der Waals surface area (Å²) in [6, 6.07) is 4.51. The van der Waals surface area contributed by atoms with E-state index in [2.05, 4.69) is 5.32 Å². The van der Waals surface area contributed by atoms with Gasteiger partial charge in [0, 0.05) is 24.8 Å². The Morgan fingerprint density at radius 3 is 2.67 bits per heavy atom. The molecule has 0 aliphatic heterocycles. The van der Waals surface area contributed by atoms with Crippen LogP contribution in [0.1, 0.15) is 36.0 Å². The fraction of sp³-hybridized carbons (Fsp3) is 0.500. The van der Waals surface area contributed by atoms with Gasteiger partial charge in [0.2, 0.25) is 0 Å². The summed E-state index contributed by atoms with van der Waals surface area (Å²) in [5, 5.41) is 22.4. The third kappa shape index (κ3) is 5.73. The number of hydrogen-bond donors (Lipinski definition) is 2. The van der Waals surface area contributed by atoms with Crippen LogP contribution in [0.15, 0.2) is 23.1 Å². The van der Waals surface area contributed by atoms with Gasteiger partial charge in [-0.3, -0.25) is 14.9 Å². The molecule has 6 nitrogen and oxygen atoms in total. The molecule has 0 aromatic heterocycles. The lowest BCUT2D eigenvalue weighted by Gasteiger charge is -2.06. The molecule has 0 fully saturated rings. The van der Waals surface area contributed by atoms with Gasteiger partial charge in [0.15, 0.2) is 0 Å². The first-order chi connectivity index (χ1) is 10.1. The number of nitro groups is 1. The van der Waals surface area contributed by atoms with E-state index in [-0.39, 0.29) is 18.2 Å². The highest BCUT2D eigenvalue weighted by Gasteiger charge is 2.16. The number of nitrogens with zero attached hydrogens (tertiary/aromatic N) is 1. The Kier molecular flexibility index (Phi) is 7.78. The number of nitro benzene ring substituents is 1. The van der Waals surface area contributed by atoms with Gasteiger partial charge in [-0.1, -0.05) is 12.8 Å². The maximum Gasteiger partial charge on any atom is 0.283 e. The molecule has 1 aromatic rings. The van der Waals surface area contributed by atoms with Crippen molar-refractivity contribution in [3.8, 4) is 0 Å². The summed E-state index contributed by atoms with van der Waals surface area (Å²) < 4.78 is 0. The van der Waals surface area contributed by atoms with Gasteiger partial charge in [0.05, 0.1) is 9.82 Å². The first-order valence-corrected chi connectivity index (χ1v) is 8.04. The molecule has 0 saturated carbocycles. The SMILES string of the molecule is CSc1ccc(C(=O)NCCCCCCO)cc1[N+](=O)[O-]. The Morgan fingerprint density at radius 1 is 1.33 bits per heavy atom. The van der Waals surface area contributed by atoms with Crippen LogP contribution < -0.4 is 5.32 Å². The van der Waals surface area contributed by atoms with Crippen LogP contribution in [0.3, 0.4) is 0 Å². The van der Waals surface area contributed by atoms with Gasteiger partial charge in [0.1, 0.15) is 0 Å². The molecule has 0 unspecified atom stereocenters. The van der Waals surface area contributed by atoms with E-state index in [1.165, 1.54) is 17.8 Å². The van der Waals surface area contributed by atoms with E-state index >= 15 is 0 Å². The Balaban J connectivity index is 2.54. The van der Waals surface area contributed by atoms with Gasteiger partial charge in [-0.05, 0) is 31.2 Å². The summed E-state index contributed by atoms with van der Waals surface area (Å²) in [7, 11) is 0. The van der Waals surface area contributed by atoms with Gasteiger partial charge in [-0.2, -0.15) is 0 Å². The van der Waals surface area contributed by atoms with Gasteiger partial charge < -0.3 is 10.4 Å². The Hall–Kier alpha value is -1.60. The molecule has 1 amide bonds. The molecule has 1 aromatic carbocycles. The molecule has 0 radical (unpaired) electrons. The summed E-state index contributed by atoms with van der Waals surface area (Å²) in [6.45, 7) is 0.722. The van der Waals surface area contributed by atoms with Gasteiger partial charge in [0.25, 0.3) is 11.6 Å². The third-order valence-corrected chi connectivity index (χ3v) is 3.79. The number of nitrogens with one attached hydrogen (secondary N) is 1. The molecule has 0 spiro atoms. The van der Waals surface area contributed by atoms with Crippen molar-refractivity contribution in [1.82, 2.24) is 5.32 Å². The van der Waals surface area contributed by atoms with E-state index in [0.29, 0.717) is 17.0 Å². The first kappa shape index (κ1) is 17.5. The largest absolute Gasteiger partial charge is 0.396 e. The molecule has 0 atom stereocenters. The number of benzene rings is 1. The number of aliphatic hydroxyl groups is 1. The molecule has 7 heteroatoms. The van der Waals surface area contributed by atoms with Crippen molar-refractivity contribution in [3.63, 3.8) is 0 Å². The highest BCUT2D eigenvalue weighted by molar-refractivity contribution is 7.98. The molecule has 0 heterocycles. The molecular formula is C14H20N2O4S. The van der Waals surface area contributed by atoms with Crippen molar-refractivity contribution in [2.45, 2.75) is 30.6 Å². The van der Waals surface area contributed by atoms with Crippen molar-refractivity contribution >= 4 is 23.4 Å². The lowest BCUT2D eigenvalue weighted by molar-refractivity contribution is -0.387. The number of aliphatic hydroxyl groups excluding tert-OH is 1. The first-order valence-electron chi connectivity index (χ1n) is 6.81. The van der Waals surface area contributed by atoms with Crippen molar-refractivity contribution in [2.75, 3.05) is 19.4 Å². The molecule has 116 valence electrons. The highest BCUT2D eigenvalue weighted by atomic mass is 32.2. The predicted molar refractivity (Wildman–Crippen MR) is 82.8 cm³/mol.